The molecule has 1 aromatic heterocycles. The highest BCUT2D eigenvalue weighted by Crippen LogP contribution is 2.33. The van der Waals surface area contributed by atoms with Gasteiger partial charge in [-0.1, -0.05) is 29.5 Å². The molecule has 8 heteroatoms. The Morgan fingerprint density at radius 3 is 3.00 bits per heavy atom. The zero-order valence-electron chi connectivity index (χ0n) is 11.2. The Bertz CT molecular complexity index is 743. The summed E-state index contributed by atoms with van der Waals surface area (Å²) in [6, 6.07) is 7.96. The van der Waals surface area contributed by atoms with E-state index in [1.165, 1.54) is 11.8 Å². The van der Waals surface area contributed by atoms with Crippen LogP contribution in [0.5, 0.6) is 5.75 Å². The fraction of sp³-hybridized carbons (Fsp3) is 0.308. The zero-order chi connectivity index (χ0) is 14.9. The second-order valence-electron chi connectivity index (χ2n) is 4.78. The Balaban J connectivity index is 1.70. The summed E-state index contributed by atoms with van der Waals surface area (Å²) in [7, 11) is -3.68. The third-order valence-corrected chi connectivity index (χ3v) is 5.71. The first-order chi connectivity index (χ1) is 10.0. The minimum atomic E-state index is -3.68. The molecule has 3 rings (SSSR count). The van der Waals surface area contributed by atoms with Crippen molar-refractivity contribution in [1.29, 1.82) is 0 Å². The van der Waals surface area contributed by atoms with E-state index < -0.39 is 10.0 Å². The maximum Gasteiger partial charge on any atom is 0.249 e. The van der Waals surface area contributed by atoms with Crippen LogP contribution in [-0.4, -0.2) is 26.6 Å². The van der Waals surface area contributed by atoms with Crippen LogP contribution >= 0.6 is 11.3 Å². The number of sulfonamides is 1. The van der Waals surface area contributed by atoms with Crippen molar-refractivity contribution in [3.8, 4) is 5.75 Å². The maximum absolute atomic E-state index is 11.2. The average Bonchev–Trinajstić information content (AvgIpc) is 2.94. The van der Waals surface area contributed by atoms with Gasteiger partial charge < -0.3 is 10.1 Å². The van der Waals surface area contributed by atoms with Gasteiger partial charge in [-0.25, -0.2) is 18.5 Å². The summed E-state index contributed by atoms with van der Waals surface area (Å²) in [5, 5.41) is 8.81. The molecule has 0 amide bonds. The van der Waals surface area contributed by atoms with Crippen molar-refractivity contribution >= 4 is 26.5 Å². The number of hydrogen-bond acceptors (Lipinski definition) is 6. The Morgan fingerprint density at radius 2 is 2.24 bits per heavy atom. The number of para-hydroxylation sites is 1. The second-order valence-corrected chi connectivity index (χ2v) is 7.60. The molecule has 0 fully saturated rings. The third-order valence-electron chi connectivity index (χ3n) is 3.35. The quantitative estimate of drug-likeness (QED) is 0.893. The first-order valence-corrected chi connectivity index (χ1v) is 8.84. The molecule has 0 spiro atoms. The van der Waals surface area contributed by atoms with E-state index in [-0.39, 0.29) is 4.21 Å². The number of fused-ring (bicyclic) bond motifs is 1. The molecule has 2 aromatic rings. The Morgan fingerprint density at radius 1 is 1.43 bits per heavy atom. The summed E-state index contributed by atoms with van der Waals surface area (Å²) < 4.78 is 28.1. The van der Waals surface area contributed by atoms with Crippen molar-refractivity contribution in [2.75, 3.05) is 18.5 Å². The van der Waals surface area contributed by atoms with Gasteiger partial charge in [-0.05, 0) is 18.1 Å². The van der Waals surface area contributed by atoms with Gasteiger partial charge in [0, 0.05) is 12.5 Å². The molecule has 0 saturated carbocycles. The monoisotopic (exact) mass is 325 g/mol. The molecule has 1 aromatic carbocycles. The predicted molar refractivity (Wildman–Crippen MR) is 81.3 cm³/mol. The number of aromatic nitrogens is 1. The number of nitrogens with zero attached hydrogens (tertiary/aromatic N) is 1. The summed E-state index contributed by atoms with van der Waals surface area (Å²) in [5.74, 6) is 1.23. The Labute approximate surface area is 127 Å². The number of benzene rings is 1. The van der Waals surface area contributed by atoms with E-state index in [1.807, 2.05) is 18.2 Å². The van der Waals surface area contributed by atoms with Crippen LogP contribution in [0.1, 0.15) is 17.9 Å². The van der Waals surface area contributed by atoms with Crippen LogP contribution in [0.4, 0.5) is 5.13 Å². The first kappa shape index (κ1) is 14.3. The molecule has 0 aliphatic carbocycles. The van der Waals surface area contributed by atoms with Gasteiger partial charge in [0.05, 0.1) is 12.8 Å². The molecule has 1 aliphatic heterocycles. The molecular formula is C13H15N3O3S2. The molecule has 3 N–H and O–H groups in total. The topological polar surface area (TPSA) is 94.3 Å². The van der Waals surface area contributed by atoms with Gasteiger partial charge in [0.2, 0.25) is 10.0 Å². The minimum absolute atomic E-state index is 0.0670. The normalized spacial score (nSPS) is 17.9. The van der Waals surface area contributed by atoms with E-state index in [4.69, 9.17) is 9.88 Å². The molecule has 0 saturated heterocycles. The summed E-state index contributed by atoms with van der Waals surface area (Å²) in [6.45, 7) is 1.36. The van der Waals surface area contributed by atoms with Crippen LogP contribution in [-0.2, 0) is 10.0 Å². The molecular weight excluding hydrogens is 310 g/mol. The third kappa shape index (κ3) is 3.17. The highest BCUT2D eigenvalue weighted by Gasteiger charge is 2.21. The van der Waals surface area contributed by atoms with Gasteiger partial charge in [0.25, 0.3) is 0 Å². The number of nitrogens with one attached hydrogen (secondary N) is 1. The van der Waals surface area contributed by atoms with Crippen molar-refractivity contribution < 1.29 is 13.2 Å². The number of anilines is 1. The lowest BCUT2D eigenvalue weighted by atomic mass is 9.93. The zero-order valence-corrected chi connectivity index (χ0v) is 12.8. The van der Waals surface area contributed by atoms with Crippen LogP contribution in [0, 0.1) is 0 Å². The van der Waals surface area contributed by atoms with Crippen LogP contribution in [0.25, 0.3) is 0 Å². The van der Waals surface area contributed by atoms with Crippen molar-refractivity contribution in [2.24, 2.45) is 5.14 Å². The van der Waals surface area contributed by atoms with Crippen molar-refractivity contribution in [2.45, 2.75) is 16.5 Å². The largest absolute Gasteiger partial charge is 0.493 e. The molecule has 112 valence electrons. The standard InChI is InChI=1S/C13H15N3O3S2/c14-21(17,18)12-8-16-13(20-12)15-7-9-5-6-19-11-4-2-1-3-10(9)11/h1-4,8-9H,5-7H2,(H,15,16)(H2,14,17,18). The SMILES string of the molecule is NS(=O)(=O)c1cnc(NCC2CCOc3ccccc32)s1. The maximum atomic E-state index is 11.2. The van der Waals surface area contributed by atoms with Gasteiger partial charge >= 0.3 is 0 Å². The Hall–Kier alpha value is -1.64. The van der Waals surface area contributed by atoms with Gasteiger partial charge in [-0.15, -0.1) is 0 Å². The van der Waals surface area contributed by atoms with Crippen LogP contribution in [0.2, 0.25) is 0 Å². The summed E-state index contributed by atoms with van der Waals surface area (Å²) in [5.41, 5.74) is 1.17. The van der Waals surface area contributed by atoms with E-state index in [1.54, 1.807) is 0 Å². The number of ether oxygens (including phenoxy) is 1. The van der Waals surface area contributed by atoms with E-state index in [0.29, 0.717) is 24.2 Å². The van der Waals surface area contributed by atoms with Crippen molar-refractivity contribution in [3.05, 3.63) is 36.0 Å². The number of rotatable bonds is 4. The van der Waals surface area contributed by atoms with E-state index >= 15 is 0 Å². The van der Waals surface area contributed by atoms with Crippen LogP contribution in [0.3, 0.4) is 0 Å². The van der Waals surface area contributed by atoms with Crippen LogP contribution < -0.4 is 15.2 Å². The lowest BCUT2D eigenvalue weighted by Crippen LogP contribution is -2.20. The lowest BCUT2D eigenvalue weighted by molar-refractivity contribution is 0.270. The number of nitrogens with two attached hydrogens (primary N) is 1. The van der Waals surface area contributed by atoms with Gasteiger partial charge in [-0.2, -0.15) is 0 Å². The summed E-state index contributed by atoms with van der Waals surface area (Å²) in [4.78, 5) is 4.04. The van der Waals surface area contributed by atoms with Gasteiger partial charge in [0.1, 0.15) is 5.75 Å². The predicted octanol–water partition coefficient (Wildman–Crippen LogP) is 1.77. The molecule has 1 unspecified atom stereocenters. The minimum Gasteiger partial charge on any atom is -0.493 e. The fourth-order valence-electron chi connectivity index (χ4n) is 2.31. The van der Waals surface area contributed by atoms with Gasteiger partial charge in [0.15, 0.2) is 9.34 Å². The summed E-state index contributed by atoms with van der Waals surface area (Å²) >= 11 is 1.04. The fourth-order valence-corrected chi connectivity index (χ4v) is 3.77. The van der Waals surface area contributed by atoms with E-state index in [0.717, 1.165) is 23.5 Å². The Kier molecular flexibility index (Phi) is 3.83. The molecule has 1 atom stereocenters. The van der Waals surface area contributed by atoms with E-state index in [2.05, 4.69) is 16.4 Å². The molecule has 0 bridgehead atoms. The highest BCUT2D eigenvalue weighted by atomic mass is 32.2. The second kappa shape index (κ2) is 5.63. The molecule has 0 radical (unpaired) electrons. The number of primary sulfonamides is 1. The number of thiazole rings is 1. The smallest absolute Gasteiger partial charge is 0.249 e. The molecule has 21 heavy (non-hydrogen) atoms. The van der Waals surface area contributed by atoms with Gasteiger partial charge in [-0.3, -0.25) is 0 Å². The molecule has 6 nitrogen and oxygen atoms in total. The molecule has 1 aliphatic rings. The average molecular weight is 325 g/mol. The highest BCUT2D eigenvalue weighted by molar-refractivity contribution is 7.91. The first-order valence-electron chi connectivity index (χ1n) is 6.48. The van der Waals surface area contributed by atoms with Crippen molar-refractivity contribution in [1.82, 2.24) is 4.98 Å². The van der Waals surface area contributed by atoms with Crippen molar-refractivity contribution in [3.63, 3.8) is 0 Å². The van der Waals surface area contributed by atoms with Crippen LogP contribution in [0.15, 0.2) is 34.7 Å². The molecule has 2 heterocycles. The summed E-state index contributed by atoms with van der Waals surface area (Å²) in [6.07, 6.45) is 2.19. The lowest BCUT2D eigenvalue weighted by Gasteiger charge is -2.25. The number of hydrogen-bond donors (Lipinski definition) is 2. The van der Waals surface area contributed by atoms with E-state index in [9.17, 15) is 8.42 Å².